The molecule has 0 saturated carbocycles. The van der Waals surface area contributed by atoms with E-state index in [4.69, 9.17) is 11.6 Å². The zero-order valence-corrected chi connectivity index (χ0v) is 15.5. The van der Waals surface area contributed by atoms with E-state index in [1.165, 1.54) is 69.8 Å². The average molecular weight is 337 g/mol. The predicted molar refractivity (Wildman–Crippen MR) is 101 cm³/mol. The Morgan fingerprint density at radius 1 is 0.870 bits per heavy atom. The van der Waals surface area contributed by atoms with E-state index in [1.54, 1.807) is 0 Å². The van der Waals surface area contributed by atoms with E-state index in [0.717, 1.165) is 6.42 Å². The minimum Gasteiger partial charge on any atom is -0.281 e. The Bertz CT molecular complexity index is 402. The molecule has 0 aliphatic carbocycles. The van der Waals surface area contributed by atoms with Gasteiger partial charge in [0.25, 0.3) is 0 Å². The van der Waals surface area contributed by atoms with E-state index in [1.807, 2.05) is 18.2 Å². The lowest BCUT2D eigenvalue weighted by molar-refractivity contribution is -0.112. The van der Waals surface area contributed by atoms with Crippen LogP contribution in [0.1, 0.15) is 95.5 Å². The number of carbonyl (C=O) groups is 1. The van der Waals surface area contributed by atoms with Crippen LogP contribution in [0.15, 0.2) is 30.3 Å². The third-order valence-electron chi connectivity index (χ3n) is 4.58. The molecule has 0 radical (unpaired) electrons. The van der Waals surface area contributed by atoms with Gasteiger partial charge in [0.2, 0.25) is 5.24 Å². The lowest BCUT2D eigenvalue weighted by atomic mass is 9.90. The van der Waals surface area contributed by atoms with Gasteiger partial charge in [-0.05, 0) is 29.5 Å². The Kier molecular flexibility index (Phi) is 12.0. The van der Waals surface area contributed by atoms with Crippen LogP contribution in [0.4, 0.5) is 0 Å². The first-order chi connectivity index (χ1) is 11.2. The summed E-state index contributed by atoms with van der Waals surface area (Å²) in [6.45, 7) is 2.26. The van der Waals surface area contributed by atoms with Crippen molar-refractivity contribution >= 4 is 16.8 Å². The summed E-state index contributed by atoms with van der Waals surface area (Å²) in [7, 11) is 0. The number of carbonyl (C=O) groups excluding carboxylic acids is 1. The molecule has 0 amide bonds. The van der Waals surface area contributed by atoms with E-state index in [2.05, 4.69) is 19.1 Å². The maximum absolute atomic E-state index is 11.3. The van der Waals surface area contributed by atoms with E-state index in [0.29, 0.717) is 6.42 Å². The predicted octanol–water partition coefficient (Wildman–Crippen LogP) is 7.24. The van der Waals surface area contributed by atoms with Crippen molar-refractivity contribution in [3.63, 3.8) is 0 Å². The van der Waals surface area contributed by atoms with Gasteiger partial charge in [-0.2, -0.15) is 0 Å². The maximum Gasteiger partial charge on any atom is 0.222 e. The summed E-state index contributed by atoms with van der Waals surface area (Å²) >= 11 is 5.62. The second-order valence-electron chi connectivity index (χ2n) is 6.64. The van der Waals surface area contributed by atoms with Gasteiger partial charge in [-0.1, -0.05) is 101 Å². The van der Waals surface area contributed by atoms with Crippen molar-refractivity contribution in [2.24, 2.45) is 0 Å². The van der Waals surface area contributed by atoms with Gasteiger partial charge >= 0.3 is 0 Å². The van der Waals surface area contributed by atoms with Gasteiger partial charge in [0, 0.05) is 6.42 Å². The number of benzene rings is 1. The highest BCUT2D eigenvalue weighted by Crippen LogP contribution is 2.27. The highest BCUT2D eigenvalue weighted by Gasteiger charge is 2.14. The molecule has 1 atom stereocenters. The molecular weight excluding hydrogens is 304 g/mol. The highest BCUT2D eigenvalue weighted by molar-refractivity contribution is 6.63. The number of unbranched alkanes of at least 4 members (excludes halogenated alkanes) is 9. The molecule has 1 nitrogen and oxygen atoms in total. The van der Waals surface area contributed by atoms with Crippen molar-refractivity contribution in [3.05, 3.63) is 35.9 Å². The molecule has 23 heavy (non-hydrogen) atoms. The van der Waals surface area contributed by atoms with Crippen molar-refractivity contribution in [1.82, 2.24) is 0 Å². The van der Waals surface area contributed by atoms with E-state index in [-0.39, 0.29) is 11.2 Å². The molecule has 0 aliphatic heterocycles. The molecule has 0 bridgehead atoms. The van der Waals surface area contributed by atoms with Crippen LogP contribution in [0, 0.1) is 0 Å². The zero-order valence-electron chi connectivity index (χ0n) is 14.7. The first-order valence-electron chi connectivity index (χ1n) is 9.47. The fourth-order valence-corrected chi connectivity index (χ4v) is 3.37. The Hall–Kier alpha value is -0.820. The third-order valence-corrected chi connectivity index (χ3v) is 4.74. The van der Waals surface area contributed by atoms with Crippen molar-refractivity contribution in [2.75, 3.05) is 0 Å². The lowest BCUT2D eigenvalue weighted by Gasteiger charge is -2.15. The van der Waals surface area contributed by atoms with Crippen LogP contribution in [0.25, 0.3) is 0 Å². The largest absolute Gasteiger partial charge is 0.281 e. The minimum atomic E-state index is -0.217. The molecule has 1 aromatic carbocycles. The van der Waals surface area contributed by atoms with Crippen LogP contribution in [0.3, 0.4) is 0 Å². The van der Waals surface area contributed by atoms with Crippen LogP contribution < -0.4 is 0 Å². The Morgan fingerprint density at radius 3 is 1.91 bits per heavy atom. The standard InChI is InChI=1S/C21H33ClO/c1-2-3-4-5-6-7-8-9-10-12-17-20(18-21(22)23)19-15-13-11-14-16-19/h11,13-16,20H,2-10,12,17-18H2,1H3. The number of hydrogen-bond acceptors (Lipinski definition) is 1. The second-order valence-corrected chi connectivity index (χ2v) is 7.06. The topological polar surface area (TPSA) is 17.1 Å². The zero-order chi connectivity index (χ0) is 16.8. The molecule has 1 rings (SSSR count). The average Bonchev–Trinajstić information content (AvgIpc) is 2.56. The summed E-state index contributed by atoms with van der Waals surface area (Å²) in [5, 5.41) is -0.217. The van der Waals surface area contributed by atoms with E-state index < -0.39 is 0 Å². The van der Waals surface area contributed by atoms with Crippen LogP contribution in [-0.2, 0) is 4.79 Å². The minimum absolute atomic E-state index is 0.217. The molecule has 0 saturated heterocycles. The SMILES string of the molecule is CCCCCCCCCCCCC(CC(=O)Cl)c1ccccc1. The van der Waals surface area contributed by atoms with Crippen molar-refractivity contribution in [1.29, 1.82) is 0 Å². The molecule has 0 aromatic heterocycles. The van der Waals surface area contributed by atoms with Crippen molar-refractivity contribution in [2.45, 2.75) is 89.9 Å². The molecule has 0 aliphatic rings. The quantitative estimate of drug-likeness (QED) is 0.258. The van der Waals surface area contributed by atoms with Gasteiger partial charge in [0.1, 0.15) is 0 Å². The molecule has 0 heterocycles. The third kappa shape index (κ3) is 10.5. The van der Waals surface area contributed by atoms with E-state index in [9.17, 15) is 4.79 Å². The fourth-order valence-electron chi connectivity index (χ4n) is 3.18. The summed E-state index contributed by atoms with van der Waals surface area (Å²) in [5.74, 6) is 0.287. The fraction of sp³-hybridized carbons (Fsp3) is 0.667. The summed E-state index contributed by atoms with van der Waals surface area (Å²) < 4.78 is 0. The van der Waals surface area contributed by atoms with Crippen LogP contribution in [0.2, 0.25) is 0 Å². The number of rotatable bonds is 14. The summed E-state index contributed by atoms with van der Waals surface area (Å²) in [6, 6.07) is 10.3. The van der Waals surface area contributed by atoms with Crippen LogP contribution >= 0.6 is 11.6 Å². The summed E-state index contributed by atoms with van der Waals surface area (Å²) in [4.78, 5) is 11.3. The van der Waals surface area contributed by atoms with Gasteiger partial charge in [0.05, 0.1) is 0 Å². The second kappa shape index (κ2) is 13.6. The van der Waals surface area contributed by atoms with Crippen molar-refractivity contribution in [3.8, 4) is 0 Å². The maximum atomic E-state index is 11.3. The molecular formula is C21H33ClO. The monoisotopic (exact) mass is 336 g/mol. The molecule has 130 valence electrons. The molecule has 0 spiro atoms. The number of hydrogen-bond donors (Lipinski definition) is 0. The molecule has 0 N–H and O–H groups in total. The Labute approximate surface area is 147 Å². The van der Waals surface area contributed by atoms with Crippen LogP contribution in [0.5, 0.6) is 0 Å². The normalized spacial score (nSPS) is 12.3. The lowest BCUT2D eigenvalue weighted by Crippen LogP contribution is -2.03. The summed E-state index contributed by atoms with van der Waals surface area (Å²) in [6.07, 6.45) is 15.0. The molecule has 2 heteroatoms. The number of halogens is 1. The van der Waals surface area contributed by atoms with Crippen molar-refractivity contribution < 1.29 is 4.79 Å². The molecule has 1 unspecified atom stereocenters. The van der Waals surface area contributed by atoms with Gasteiger partial charge in [-0.3, -0.25) is 4.79 Å². The van der Waals surface area contributed by atoms with Gasteiger partial charge in [-0.25, -0.2) is 0 Å². The Morgan fingerprint density at radius 2 is 1.39 bits per heavy atom. The molecule has 1 aromatic rings. The van der Waals surface area contributed by atoms with Gasteiger partial charge in [0.15, 0.2) is 0 Å². The van der Waals surface area contributed by atoms with Gasteiger partial charge in [-0.15, -0.1) is 0 Å². The summed E-state index contributed by atoms with van der Waals surface area (Å²) in [5.41, 5.74) is 1.25. The van der Waals surface area contributed by atoms with Crippen LogP contribution in [-0.4, -0.2) is 5.24 Å². The highest BCUT2D eigenvalue weighted by atomic mass is 35.5. The first kappa shape index (κ1) is 20.2. The first-order valence-corrected chi connectivity index (χ1v) is 9.85. The van der Waals surface area contributed by atoms with E-state index >= 15 is 0 Å². The van der Waals surface area contributed by atoms with Gasteiger partial charge < -0.3 is 0 Å². The molecule has 0 fully saturated rings. The smallest absolute Gasteiger partial charge is 0.222 e. The Balaban J connectivity index is 2.12.